The van der Waals surface area contributed by atoms with Crippen LogP contribution in [0.1, 0.15) is 0 Å². The predicted molar refractivity (Wildman–Crippen MR) is 88.2 cm³/mol. The summed E-state index contributed by atoms with van der Waals surface area (Å²) in [6.45, 7) is 0. The normalized spacial score (nSPS) is 10.7. The Labute approximate surface area is 128 Å². The highest BCUT2D eigenvalue weighted by Crippen LogP contribution is 2.30. The van der Waals surface area contributed by atoms with Crippen LogP contribution >= 0.6 is 0 Å². The lowest BCUT2D eigenvalue weighted by atomic mass is 9.98. The van der Waals surface area contributed by atoms with Gasteiger partial charge in [-0.15, -0.1) is 0 Å². The molecule has 1 aromatic carbocycles. The Bertz CT molecular complexity index is 919. The van der Waals surface area contributed by atoms with E-state index in [1.807, 2.05) is 61.3 Å². The zero-order chi connectivity index (χ0) is 14.8. The molecular formula is C19H13N3. The van der Waals surface area contributed by atoms with E-state index >= 15 is 0 Å². The van der Waals surface area contributed by atoms with Gasteiger partial charge in [-0.05, 0) is 64.7 Å². The Hall–Kier alpha value is -3.07. The van der Waals surface area contributed by atoms with Crippen LogP contribution in [-0.4, -0.2) is 15.0 Å². The number of nitrogens with zero attached hydrogens (tertiary/aromatic N) is 3. The Morgan fingerprint density at radius 3 is 1.95 bits per heavy atom. The summed E-state index contributed by atoms with van der Waals surface area (Å²) in [6, 6.07) is 16.5. The third-order valence-electron chi connectivity index (χ3n) is 3.75. The zero-order valence-corrected chi connectivity index (χ0v) is 11.8. The van der Waals surface area contributed by atoms with Crippen molar-refractivity contribution in [2.45, 2.75) is 0 Å². The van der Waals surface area contributed by atoms with Gasteiger partial charge in [0.2, 0.25) is 0 Å². The van der Waals surface area contributed by atoms with Crippen molar-refractivity contribution in [1.29, 1.82) is 0 Å². The Morgan fingerprint density at radius 1 is 0.545 bits per heavy atom. The summed E-state index contributed by atoms with van der Waals surface area (Å²) < 4.78 is 0. The fourth-order valence-corrected chi connectivity index (χ4v) is 2.65. The van der Waals surface area contributed by atoms with Crippen LogP contribution in [0.5, 0.6) is 0 Å². The van der Waals surface area contributed by atoms with Crippen molar-refractivity contribution >= 4 is 10.9 Å². The van der Waals surface area contributed by atoms with Crippen LogP contribution in [0.2, 0.25) is 0 Å². The molecule has 0 fully saturated rings. The monoisotopic (exact) mass is 283 g/mol. The highest BCUT2D eigenvalue weighted by atomic mass is 14.6. The smallest absolute Gasteiger partial charge is 0.0708 e. The van der Waals surface area contributed by atoms with Gasteiger partial charge in [0, 0.05) is 36.4 Å². The van der Waals surface area contributed by atoms with Gasteiger partial charge in [0.1, 0.15) is 0 Å². The number of rotatable bonds is 2. The van der Waals surface area contributed by atoms with Crippen molar-refractivity contribution in [1.82, 2.24) is 15.0 Å². The molecule has 0 aliphatic carbocycles. The first-order valence-corrected chi connectivity index (χ1v) is 7.11. The van der Waals surface area contributed by atoms with E-state index in [-0.39, 0.29) is 0 Å². The van der Waals surface area contributed by atoms with Gasteiger partial charge < -0.3 is 0 Å². The van der Waals surface area contributed by atoms with Crippen LogP contribution in [0.15, 0.2) is 79.5 Å². The summed E-state index contributed by atoms with van der Waals surface area (Å²) in [6.07, 6.45) is 9.10. The molecule has 0 spiro atoms. The van der Waals surface area contributed by atoms with Gasteiger partial charge in [0.15, 0.2) is 0 Å². The summed E-state index contributed by atoms with van der Waals surface area (Å²) >= 11 is 0. The van der Waals surface area contributed by atoms with Gasteiger partial charge in [-0.2, -0.15) is 0 Å². The first-order chi connectivity index (χ1) is 10.9. The summed E-state index contributed by atoms with van der Waals surface area (Å²) in [5.74, 6) is 0. The number of benzene rings is 1. The molecule has 0 saturated heterocycles. The van der Waals surface area contributed by atoms with Gasteiger partial charge in [0.25, 0.3) is 0 Å². The van der Waals surface area contributed by atoms with E-state index in [1.54, 1.807) is 0 Å². The van der Waals surface area contributed by atoms with Crippen molar-refractivity contribution in [3.8, 4) is 22.3 Å². The highest BCUT2D eigenvalue weighted by molar-refractivity contribution is 5.96. The van der Waals surface area contributed by atoms with E-state index in [0.717, 1.165) is 22.0 Å². The summed E-state index contributed by atoms with van der Waals surface area (Å²) in [7, 11) is 0. The maximum absolute atomic E-state index is 4.47. The van der Waals surface area contributed by atoms with E-state index in [1.165, 1.54) is 11.1 Å². The Kier molecular flexibility index (Phi) is 3.09. The standard InChI is InChI=1S/C19H13N3/c1-2-19-18(13-16(1)14-3-8-20-9-4-14)17(7-12-22-19)15-5-10-21-11-6-15/h1-13H. The lowest BCUT2D eigenvalue weighted by Crippen LogP contribution is -1.86. The van der Waals surface area contributed by atoms with E-state index in [2.05, 4.69) is 33.2 Å². The predicted octanol–water partition coefficient (Wildman–Crippen LogP) is 4.36. The van der Waals surface area contributed by atoms with Gasteiger partial charge in [0.05, 0.1) is 5.52 Å². The van der Waals surface area contributed by atoms with Gasteiger partial charge in [-0.1, -0.05) is 6.07 Å². The molecular weight excluding hydrogens is 270 g/mol. The SMILES string of the molecule is c1cc(-c2ccc3nccc(-c4ccncc4)c3c2)ccn1. The molecule has 4 aromatic rings. The van der Waals surface area contributed by atoms with Crippen molar-refractivity contribution < 1.29 is 0 Å². The number of hydrogen-bond donors (Lipinski definition) is 0. The molecule has 0 bridgehead atoms. The second-order valence-electron chi connectivity index (χ2n) is 5.06. The molecule has 3 heterocycles. The fraction of sp³-hybridized carbons (Fsp3) is 0. The first-order valence-electron chi connectivity index (χ1n) is 7.11. The molecule has 0 aliphatic rings. The van der Waals surface area contributed by atoms with Gasteiger partial charge in [-0.3, -0.25) is 15.0 Å². The van der Waals surface area contributed by atoms with Crippen LogP contribution in [0, 0.1) is 0 Å². The molecule has 22 heavy (non-hydrogen) atoms. The molecule has 0 saturated carbocycles. The van der Waals surface area contributed by atoms with E-state index in [9.17, 15) is 0 Å². The van der Waals surface area contributed by atoms with E-state index in [0.29, 0.717) is 0 Å². The number of pyridine rings is 3. The van der Waals surface area contributed by atoms with Crippen molar-refractivity contribution in [2.24, 2.45) is 0 Å². The second-order valence-corrected chi connectivity index (χ2v) is 5.06. The van der Waals surface area contributed by atoms with Crippen LogP contribution in [0.3, 0.4) is 0 Å². The fourth-order valence-electron chi connectivity index (χ4n) is 2.65. The molecule has 3 aromatic heterocycles. The van der Waals surface area contributed by atoms with Crippen LogP contribution in [-0.2, 0) is 0 Å². The van der Waals surface area contributed by atoms with E-state index < -0.39 is 0 Å². The molecule has 4 rings (SSSR count). The third-order valence-corrected chi connectivity index (χ3v) is 3.75. The zero-order valence-electron chi connectivity index (χ0n) is 11.8. The second kappa shape index (κ2) is 5.37. The molecule has 3 nitrogen and oxygen atoms in total. The molecule has 0 N–H and O–H groups in total. The molecule has 104 valence electrons. The van der Waals surface area contributed by atoms with Crippen LogP contribution in [0.25, 0.3) is 33.2 Å². The number of aromatic nitrogens is 3. The quantitative estimate of drug-likeness (QED) is 0.548. The Morgan fingerprint density at radius 2 is 1.23 bits per heavy atom. The minimum Gasteiger partial charge on any atom is -0.265 e. The first kappa shape index (κ1) is 12.7. The lowest BCUT2D eigenvalue weighted by Gasteiger charge is -2.08. The van der Waals surface area contributed by atoms with Gasteiger partial charge >= 0.3 is 0 Å². The maximum atomic E-state index is 4.47. The topological polar surface area (TPSA) is 38.7 Å². The van der Waals surface area contributed by atoms with Crippen molar-refractivity contribution in [3.05, 3.63) is 79.5 Å². The van der Waals surface area contributed by atoms with Crippen molar-refractivity contribution in [3.63, 3.8) is 0 Å². The molecule has 0 radical (unpaired) electrons. The summed E-state index contributed by atoms with van der Waals surface area (Å²) in [5, 5.41) is 1.14. The van der Waals surface area contributed by atoms with E-state index in [4.69, 9.17) is 0 Å². The van der Waals surface area contributed by atoms with Crippen LogP contribution in [0.4, 0.5) is 0 Å². The maximum Gasteiger partial charge on any atom is 0.0708 e. The minimum absolute atomic E-state index is 0.993. The van der Waals surface area contributed by atoms with Crippen LogP contribution < -0.4 is 0 Å². The molecule has 0 amide bonds. The summed E-state index contributed by atoms with van der Waals surface area (Å²) in [5.41, 5.74) is 5.63. The molecule has 3 heteroatoms. The summed E-state index contributed by atoms with van der Waals surface area (Å²) in [4.78, 5) is 12.6. The number of fused-ring (bicyclic) bond motifs is 1. The third kappa shape index (κ3) is 2.23. The molecule has 0 aliphatic heterocycles. The lowest BCUT2D eigenvalue weighted by molar-refractivity contribution is 1.33. The number of hydrogen-bond acceptors (Lipinski definition) is 3. The molecule has 0 atom stereocenters. The van der Waals surface area contributed by atoms with Gasteiger partial charge in [-0.25, -0.2) is 0 Å². The molecule has 0 unspecified atom stereocenters. The largest absolute Gasteiger partial charge is 0.265 e. The average Bonchev–Trinajstić information content (AvgIpc) is 2.62. The Balaban J connectivity index is 1.95. The highest BCUT2D eigenvalue weighted by Gasteiger charge is 2.06. The minimum atomic E-state index is 0.993. The van der Waals surface area contributed by atoms with Crippen molar-refractivity contribution in [2.75, 3.05) is 0 Å². The average molecular weight is 283 g/mol.